The molecule has 5 heteroatoms. The summed E-state index contributed by atoms with van der Waals surface area (Å²) in [4.78, 5) is 16.3. The Labute approximate surface area is 122 Å². The standard InChI is InChI=1S/C15H28N2O3/c1-15(2,3)20-14(18)17-10-8-16(9-11-17)12-6-5-7-13(12)19-4/h12-13H,5-11H2,1-4H3. The van der Waals surface area contributed by atoms with Crippen molar-refractivity contribution < 1.29 is 14.3 Å². The van der Waals surface area contributed by atoms with Crippen molar-refractivity contribution in [1.29, 1.82) is 0 Å². The van der Waals surface area contributed by atoms with Crippen LogP contribution in [0.1, 0.15) is 40.0 Å². The van der Waals surface area contributed by atoms with Gasteiger partial charge in [0.1, 0.15) is 5.60 Å². The molecular weight excluding hydrogens is 256 g/mol. The summed E-state index contributed by atoms with van der Waals surface area (Å²) >= 11 is 0. The average molecular weight is 284 g/mol. The van der Waals surface area contributed by atoms with Gasteiger partial charge in [0, 0.05) is 39.3 Å². The second-order valence-electron chi connectivity index (χ2n) is 6.78. The molecule has 2 rings (SSSR count). The molecule has 20 heavy (non-hydrogen) atoms. The van der Waals surface area contributed by atoms with Gasteiger partial charge < -0.3 is 14.4 Å². The van der Waals surface area contributed by atoms with E-state index in [-0.39, 0.29) is 6.09 Å². The first kappa shape index (κ1) is 15.6. The number of piperazine rings is 1. The van der Waals surface area contributed by atoms with Crippen LogP contribution in [0.2, 0.25) is 0 Å². The Balaban J connectivity index is 1.82. The molecule has 0 radical (unpaired) electrons. The normalized spacial score (nSPS) is 28.7. The van der Waals surface area contributed by atoms with Crippen molar-refractivity contribution in [2.75, 3.05) is 33.3 Å². The Morgan fingerprint density at radius 1 is 1.10 bits per heavy atom. The average Bonchev–Trinajstić information content (AvgIpc) is 2.85. The van der Waals surface area contributed by atoms with Gasteiger partial charge in [-0.25, -0.2) is 4.79 Å². The molecule has 1 heterocycles. The Bertz CT molecular complexity index is 333. The predicted octanol–water partition coefficient (Wildman–Crippen LogP) is 2.11. The number of ether oxygens (including phenoxy) is 2. The Morgan fingerprint density at radius 3 is 2.30 bits per heavy atom. The van der Waals surface area contributed by atoms with Gasteiger partial charge in [-0.2, -0.15) is 0 Å². The fraction of sp³-hybridized carbons (Fsp3) is 0.933. The van der Waals surface area contributed by atoms with Crippen molar-refractivity contribution in [2.45, 2.75) is 57.8 Å². The molecule has 2 aliphatic rings. The smallest absolute Gasteiger partial charge is 0.410 e. The topological polar surface area (TPSA) is 42.0 Å². The van der Waals surface area contributed by atoms with Crippen LogP contribution < -0.4 is 0 Å². The van der Waals surface area contributed by atoms with E-state index in [1.165, 1.54) is 12.8 Å². The highest BCUT2D eigenvalue weighted by molar-refractivity contribution is 5.68. The van der Waals surface area contributed by atoms with E-state index < -0.39 is 5.60 Å². The number of hydrogen-bond acceptors (Lipinski definition) is 4. The summed E-state index contributed by atoms with van der Waals surface area (Å²) in [7, 11) is 1.81. The predicted molar refractivity (Wildman–Crippen MR) is 77.8 cm³/mol. The number of amides is 1. The molecule has 0 aromatic rings. The van der Waals surface area contributed by atoms with Crippen LogP contribution in [0.5, 0.6) is 0 Å². The highest BCUT2D eigenvalue weighted by Crippen LogP contribution is 2.27. The van der Waals surface area contributed by atoms with Gasteiger partial charge in [0.05, 0.1) is 6.10 Å². The third-order valence-corrected chi connectivity index (χ3v) is 4.16. The van der Waals surface area contributed by atoms with Crippen molar-refractivity contribution in [3.63, 3.8) is 0 Å². The van der Waals surface area contributed by atoms with Crippen molar-refractivity contribution in [2.24, 2.45) is 0 Å². The van der Waals surface area contributed by atoms with Crippen molar-refractivity contribution in [3.8, 4) is 0 Å². The van der Waals surface area contributed by atoms with Gasteiger partial charge in [0.15, 0.2) is 0 Å². The molecule has 0 bridgehead atoms. The zero-order chi connectivity index (χ0) is 14.8. The van der Waals surface area contributed by atoms with E-state index in [9.17, 15) is 4.79 Å². The van der Waals surface area contributed by atoms with Crippen LogP contribution in [-0.4, -0.2) is 66.9 Å². The van der Waals surface area contributed by atoms with Gasteiger partial charge >= 0.3 is 6.09 Å². The minimum absolute atomic E-state index is 0.188. The molecule has 2 atom stereocenters. The maximum atomic E-state index is 12.0. The van der Waals surface area contributed by atoms with Crippen LogP contribution in [0.4, 0.5) is 4.79 Å². The number of methoxy groups -OCH3 is 1. The summed E-state index contributed by atoms with van der Waals surface area (Å²) < 4.78 is 11.0. The Morgan fingerprint density at radius 2 is 1.75 bits per heavy atom. The van der Waals surface area contributed by atoms with E-state index >= 15 is 0 Å². The van der Waals surface area contributed by atoms with Crippen molar-refractivity contribution in [3.05, 3.63) is 0 Å². The summed E-state index contributed by atoms with van der Waals surface area (Å²) in [5, 5.41) is 0. The Hall–Kier alpha value is -0.810. The summed E-state index contributed by atoms with van der Waals surface area (Å²) in [6.45, 7) is 9.06. The lowest BCUT2D eigenvalue weighted by Crippen LogP contribution is -2.54. The molecule has 116 valence electrons. The zero-order valence-electron chi connectivity index (χ0n) is 13.2. The van der Waals surface area contributed by atoms with E-state index in [2.05, 4.69) is 4.90 Å². The zero-order valence-corrected chi connectivity index (χ0v) is 13.2. The molecular formula is C15H28N2O3. The molecule has 0 aromatic heterocycles. The summed E-state index contributed by atoms with van der Waals surface area (Å²) in [6, 6.07) is 0.529. The molecule has 5 nitrogen and oxygen atoms in total. The van der Waals surface area contributed by atoms with E-state index in [0.717, 1.165) is 32.6 Å². The minimum atomic E-state index is -0.416. The van der Waals surface area contributed by atoms with Gasteiger partial charge in [-0.05, 0) is 40.0 Å². The molecule has 0 spiro atoms. The number of hydrogen-bond donors (Lipinski definition) is 0. The maximum absolute atomic E-state index is 12.0. The first-order chi connectivity index (χ1) is 9.40. The molecule has 1 saturated heterocycles. The number of rotatable bonds is 2. The Kier molecular flexibility index (Phi) is 4.91. The summed E-state index contributed by atoms with van der Waals surface area (Å²) in [5.41, 5.74) is -0.416. The highest BCUT2D eigenvalue weighted by atomic mass is 16.6. The van der Waals surface area contributed by atoms with Gasteiger partial charge in [-0.15, -0.1) is 0 Å². The van der Waals surface area contributed by atoms with Crippen molar-refractivity contribution >= 4 is 6.09 Å². The van der Waals surface area contributed by atoms with Crippen LogP contribution in [0.3, 0.4) is 0 Å². The molecule has 1 aliphatic heterocycles. The second-order valence-corrected chi connectivity index (χ2v) is 6.78. The fourth-order valence-corrected chi connectivity index (χ4v) is 3.16. The van der Waals surface area contributed by atoms with E-state index in [0.29, 0.717) is 12.1 Å². The van der Waals surface area contributed by atoms with Gasteiger partial charge in [0.25, 0.3) is 0 Å². The van der Waals surface area contributed by atoms with E-state index in [1.807, 2.05) is 25.7 Å². The monoisotopic (exact) mass is 284 g/mol. The molecule has 0 N–H and O–H groups in total. The first-order valence-electron chi connectivity index (χ1n) is 7.65. The van der Waals surface area contributed by atoms with Crippen LogP contribution in [0.25, 0.3) is 0 Å². The molecule has 0 aromatic carbocycles. The third kappa shape index (κ3) is 3.85. The lowest BCUT2D eigenvalue weighted by atomic mass is 10.1. The quantitative estimate of drug-likeness (QED) is 0.779. The number of nitrogens with zero attached hydrogens (tertiary/aromatic N) is 2. The molecule has 1 saturated carbocycles. The SMILES string of the molecule is COC1CCCC1N1CCN(C(=O)OC(C)(C)C)CC1. The van der Waals surface area contributed by atoms with E-state index in [4.69, 9.17) is 9.47 Å². The van der Waals surface area contributed by atoms with Crippen LogP contribution in [0, 0.1) is 0 Å². The fourth-order valence-electron chi connectivity index (χ4n) is 3.16. The number of carbonyl (C=O) groups excluding carboxylic acids is 1. The van der Waals surface area contributed by atoms with E-state index in [1.54, 1.807) is 7.11 Å². The number of carbonyl (C=O) groups is 1. The van der Waals surface area contributed by atoms with Gasteiger partial charge in [-0.3, -0.25) is 4.90 Å². The minimum Gasteiger partial charge on any atom is -0.444 e. The van der Waals surface area contributed by atoms with Crippen LogP contribution in [0.15, 0.2) is 0 Å². The summed E-state index contributed by atoms with van der Waals surface area (Å²) in [6.07, 6.45) is 3.79. The molecule has 2 unspecified atom stereocenters. The highest BCUT2D eigenvalue weighted by Gasteiger charge is 2.35. The first-order valence-corrected chi connectivity index (χ1v) is 7.65. The molecule has 1 amide bonds. The van der Waals surface area contributed by atoms with Crippen LogP contribution in [-0.2, 0) is 9.47 Å². The van der Waals surface area contributed by atoms with Crippen molar-refractivity contribution in [1.82, 2.24) is 9.80 Å². The largest absolute Gasteiger partial charge is 0.444 e. The lowest BCUT2D eigenvalue weighted by molar-refractivity contribution is -0.00731. The molecule has 1 aliphatic carbocycles. The van der Waals surface area contributed by atoms with Gasteiger partial charge in [0.2, 0.25) is 0 Å². The molecule has 2 fully saturated rings. The summed E-state index contributed by atoms with van der Waals surface area (Å²) in [5.74, 6) is 0. The maximum Gasteiger partial charge on any atom is 0.410 e. The lowest BCUT2D eigenvalue weighted by Gasteiger charge is -2.39. The third-order valence-electron chi connectivity index (χ3n) is 4.16. The van der Waals surface area contributed by atoms with Crippen LogP contribution >= 0.6 is 0 Å². The second kappa shape index (κ2) is 6.31. The van der Waals surface area contributed by atoms with Gasteiger partial charge in [-0.1, -0.05) is 0 Å².